The van der Waals surface area contributed by atoms with Crippen molar-refractivity contribution in [3.05, 3.63) is 124 Å². The maximum atomic E-state index is 15.1. The smallest absolute Gasteiger partial charge is 0.275 e. The first kappa shape index (κ1) is 38.6. The van der Waals surface area contributed by atoms with E-state index in [1.807, 2.05) is 42.2 Å². The van der Waals surface area contributed by atoms with E-state index in [0.717, 1.165) is 11.1 Å². The molecule has 0 bridgehead atoms. The number of rotatable bonds is 9. The zero-order valence-corrected chi connectivity index (χ0v) is 32.0. The van der Waals surface area contributed by atoms with Gasteiger partial charge in [0.1, 0.15) is 11.6 Å². The second-order valence-electron chi connectivity index (χ2n) is 14.5. The zero-order chi connectivity index (χ0) is 40.4. The molecule has 13 nitrogen and oxygen atoms in total. The molecule has 57 heavy (non-hydrogen) atoms. The van der Waals surface area contributed by atoms with Crippen molar-refractivity contribution in [1.29, 1.82) is 0 Å². The second-order valence-corrected chi connectivity index (χ2v) is 14.5. The number of fused-ring (bicyclic) bond motifs is 1. The summed E-state index contributed by atoms with van der Waals surface area (Å²) in [5.41, 5.74) is 6.20. The lowest BCUT2D eigenvalue weighted by Crippen LogP contribution is -2.49. The first-order valence-electron chi connectivity index (χ1n) is 18.7. The Morgan fingerprint density at radius 2 is 1.68 bits per heavy atom. The molecule has 2 atom stereocenters. The number of allylic oxidation sites excluding steroid dienone is 5. The molecule has 2 N–H and O–H groups in total. The average Bonchev–Trinajstić information content (AvgIpc) is 3.19. The van der Waals surface area contributed by atoms with Gasteiger partial charge in [-0.05, 0) is 85.5 Å². The summed E-state index contributed by atoms with van der Waals surface area (Å²) < 4.78 is 15.1. The van der Waals surface area contributed by atoms with Crippen molar-refractivity contribution in [3.63, 3.8) is 0 Å². The Morgan fingerprint density at radius 1 is 0.895 bits per heavy atom. The van der Waals surface area contributed by atoms with Gasteiger partial charge in [0.05, 0.1) is 23.1 Å². The third kappa shape index (κ3) is 8.30. The number of nitrogens with zero attached hydrogens (tertiary/aromatic N) is 6. The molecule has 0 radical (unpaired) electrons. The Hall–Kier alpha value is -6.70. The highest BCUT2D eigenvalue weighted by atomic mass is 19.1. The Balaban J connectivity index is 1.02. The summed E-state index contributed by atoms with van der Waals surface area (Å²) in [5, 5.41) is 13.6. The van der Waals surface area contributed by atoms with E-state index in [4.69, 9.17) is 4.98 Å². The summed E-state index contributed by atoms with van der Waals surface area (Å²) in [6.07, 6.45) is 11.0. The summed E-state index contributed by atoms with van der Waals surface area (Å²) in [7, 11) is 0. The molecule has 3 aromatic rings. The minimum atomic E-state index is -0.616. The van der Waals surface area contributed by atoms with Crippen LogP contribution in [-0.2, 0) is 20.8 Å². The van der Waals surface area contributed by atoms with Gasteiger partial charge in [0.25, 0.3) is 23.6 Å². The summed E-state index contributed by atoms with van der Waals surface area (Å²) in [6, 6.07) is 11.7. The minimum Gasteiger partial charge on any atom is -0.353 e. The number of benzene rings is 2. The molecule has 1 fully saturated rings. The fraction of sp³-hybridized carbons (Fsp3) is 0.279. The van der Waals surface area contributed by atoms with Gasteiger partial charge in [-0.2, -0.15) is 5.11 Å². The number of piperazine rings is 1. The van der Waals surface area contributed by atoms with E-state index in [9.17, 15) is 24.0 Å². The van der Waals surface area contributed by atoms with Crippen LogP contribution in [0.2, 0.25) is 0 Å². The topological polar surface area (TPSA) is 166 Å². The third-order valence-corrected chi connectivity index (χ3v) is 10.5. The van der Waals surface area contributed by atoms with E-state index in [-0.39, 0.29) is 36.3 Å². The zero-order valence-electron chi connectivity index (χ0n) is 32.0. The van der Waals surface area contributed by atoms with Crippen LogP contribution in [0.15, 0.2) is 111 Å². The lowest BCUT2D eigenvalue weighted by atomic mass is 9.89. The van der Waals surface area contributed by atoms with Crippen molar-refractivity contribution in [3.8, 4) is 11.1 Å². The molecule has 7 rings (SSSR count). The minimum absolute atomic E-state index is 0.0306. The molecule has 1 aliphatic carbocycles. The normalized spacial score (nSPS) is 19.0. The monoisotopic (exact) mass is 768 g/mol. The summed E-state index contributed by atoms with van der Waals surface area (Å²) >= 11 is 0. The van der Waals surface area contributed by atoms with Crippen LogP contribution in [-0.4, -0.2) is 77.9 Å². The summed E-state index contributed by atoms with van der Waals surface area (Å²) in [6.45, 7) is 8.45. The fourth-order valence-corrected chi connectivity index (χ4v) is 7.38. The van der Waals surface area contributed by atoms with Crippen molar-refractivity contribution < 1.29 is 28.4 Å². The number of hydrogen-bond donors (Lipinski definition) is 2. The van der Waals surface area contributed by atoms with Crippen LogP contribution in [0.5, 0.6) is 0 Å². The number of carbonyl (C=O) groups is 5. The van der Waals surface area contributed by atoms with Crippen molar-refractivity contribution in [2.24, 2.45) is 27.1 Å². The van der Waals surface area contributed by atoms with Crippen LogP contribution >= 0.6 is 0 Å². The van der Waals surface area contributed by atoms with Crippen LogP contribution in [0.4, 0.5) is 15.9 Å². The van der Waals surface area contributed by atoms with Crippen molar-refractivity contribution in [1.82, 2.24) is 15.2 Å². The maximum Gasteiger partial charge on any atom is 0.275 e. The number of carbonyl (C=O) groups excluding carboxylic acids is 5. The van der Waals surface area contributed by atoms with E-state index in [1.165, 1.54) is 13.0 Å². The number of nitrogens with one attached hydrogen (secondary N) is 2. The summed E-state index contributed by atoms with van der Waals surface area (Å²) in [5.74, 6) is -2.71. The first-order chi connectivity index (χ1) is 27.4. The average molecular weight is 769 g/mol. The molecular formula is C43H41FN8O5. The standard InChI is InChI=1S/C43H41FN8O5/c1-24-17-25(2)47-41(55)35(24)23-46-40(54)33-20-30(21-37(26(33)3)48-27(4)53)29-10-12-39(45-22-29)51-13-15-52(16-14-51)43(57)34-18-28(9-11-36(34)44)19-38-31-7-5-6-8-32(31)42(56)50-49-38/h5-12,17-18,20-22,32,35H,13-16,19,23H2,1-4H3,(H,46,54)(H,48,53). The quantitative estimate of drug-likeness (QED) is 0.272. The predicted molar refractivity (Wildman–Crippen MR) is 213 cm³/mol. The molecule has 290 valence electrons. The van der Waals surface area contributed by atoms with Crippen LogP contribution in [0.1, 0.15) is 52.6 Å². The second kappa shape index (κ2) is 16.2. The molecule has 0 saturated carbocycles. The molecule has 2 unspecified atom stereocenters. The Kier molecular flexibility index (Phi) is 11.0. The van der Waals surface area contributed by atoms with Gasteiger partial charge in [-0.25, -0.2) is 14.4 Å². The van der Waals surface area contributed by atoms with Gasteiger partial charge >= 0.3 is 0 Å². The number of hydrogen-bond acceptors (Lipinski definition) is 8. The Bertz CT molecular complexity index is 2390. The number of anilines is 2. The molecule has 4 heterocycles. The van der Waals surface area contributed by atoms with Gasteiger partial charge in [0, 0.05) is 74.8 Å². The summed E-state index contributed by atoms with van der Waals surface area (Å²) in [4.78, 5) is 76.3. The molecule has 5 amide bonds. The highest BCUT2D eigenvalue weighted by molar-refractivity contribution is 6.06. The SMILES string of the molecule is CC(=O)Nc1cc(-c2ccc(N3CCN(C(=O)c4cc(CC5=C6C=CC=CC6C(=O)N=N5)ccc4F)CC3)nc2)cc(C(=O)NCC2C(=O)N=C(C)C=C2C)c1C. The molecule has 3 aliphatic heterocycles. The van der Waals surface area contributed by atoms with Gasteiger partial charge < -0.3 is 20.4 Å². The molecule has 2 aromatic carbocycles. The lowest BCUT2D eigenvalue weighted by molar-refractivity contribution is -0.121. The van der Waals surface area contributed by atoms with Gasteiger partial charge in [0.2, 0.25) is 5.91 Å². The fourth-order valence-electron chi connectivity index (χ4n) is 7.38. The molecular weight excluding hydrogens is 728 g/mol. The third-order valence-electron chi connectivity index (χ3n) is 10.5. The molecule has 1 aromatic heterocycles. The number of halogens is 1. The number of aromatic nitrogens is 1. The van der Waals surface area contributed by atoms with Crippen molar-refractivity contribution in [2.75, 3.05) is 42.9 Å². The van der Waals surface area contributed by atoms with Gasteiger partial charge in [0.15, 0.2) is 0 Å². The van der Waals surface area contributed by atoms with Crippen molar-refractivity contribution >= 4 is 46.8 Å². The largest absolute Gasteiger partial charge is 0.353 e. The van der Waals surface area contributed by atoms with Crippen molar-refractivity contribution in [2.45, 2.75) is 34.1 Å². The Morgan fingerprint density at radius 3 is 2.40 bits per heavy atom. The van der Waals surface area contributed by atoms with E-state index in [2.05, 4.69) is 25.9 Å². The molecule has 4 aliphatic rings. The molecule has 0 spiro atoms. The lowest BCUT2D eigenvalue weighted by Gasteiger charge is -2.35. The van der Waals surface area contributed by atoms with Gasteiger partial charge in [-0.1, -0.05) is 35.9 Å². The first-order valence-corrected chi connectivity index (χ1v) is 18.7. The molecule has 1 saturated heterocycles. The number of amides is 5. The number of pyridine rings is 1. The predicted octanol–water partition coefficient (Wildman–Crippen LogP) is 5.94. The van der Waals surface area contributed by atoms with Crippen LogP contribution in [0.25, 0.3) is 11.1 Å². The van der Waals surface area contributed by atoms with E-state index < -0.39 is 29.5 Å². The van der Waals surface area contributed by atoms with Crippen LogP contribution < -0.4 is 15.5 Å². The van der Waals surface area contributed by atoms with Gasteiger partial charge in [-0.3, -0.25) is 24.0 Å². The van der Waals surface area contributed by atoms with Crippen LogP contribution in [0.3, 0.4) is 0 Å². The molecule has 14 heteroatoms. The van der Waals surface area contributed by atoms with Gasteiger partial charge in [-0.15, -0.1) is 5.11 Å². The number of aliphatic imine (C=N–C) groups is 1. The van der Waals surface area contributed by atoms with E-state index in [0.29, 0.717) is 76.9 Å². The highest BCUT2D eigenvalue weighted by Gasteiger charge is 2.29. The Labute approximate surface area is 328 Å². The van der Waals surface area contributed by atoms with E-state index >= 15 is 4.39 Å². The highest BCUT2D eigenvalue weighted by Crippen LogP contribution is 2.32. The van der Waals surface area contributed by atoms with E-state index in [1.54, 1.807) is 61.4 Å². The van der Waals surface area contributed by atoms with Crippen LogP contribution in [0, 0.1) is 24.6 Å². The number of azo groups is 1. The maximum absolute atomic E-state index is 15.1. The number of dihydropyridines is 1.